The van der Waals surface area contributed by atoms with Crippen LogP contribution < -0.4 is 5.73 Å². The Hall–Kier alpha value is -3.50. The van der Waals surface area contributed by atoms with Gasteiger partial charge in [-0.3, -0.25) is 4.79 Å². The lowest BCUT2D eigenvalue weighted by Crippen LogP contribution is -2.50. The first-order valence-electron chi connectivity index (χ1n) is 13.4. The molecular formula is C32H37N3O3. The Balaban J connectivity index is 1.59. The Bertz CT molecular complexity index is 1270. The van der Waals surface area contributed by atoms with E-state index in [-0.39, 0.29) is 31.8 Å². The molecule has 4 rings (SSSR count). The first-order valence-corrected chi connectivity index (χ1v) is 13.4. The van der Waals surface area contributed by atoms with Crippen molar-refractivity contribution in [2.24, 2.45) is 5.73 Å². The number of hydrogen-bond donors (Lipinski definition) is 2. The number of nitrogens with zero attached hydrogens (tertiary/aromatic N) is 2. The molecule has 6 nitrogen and oxygen atoms in total. The zero-order valence-corrected chi connectivity index (χ0v) is 22.1. The fraction of sp³-hybridized carbons (Fsp3) is 0.375. The number of para-hydroxylation sites is 1. The van der Waals surface area contributed by atoms with Crippen molar-refractivity contribution in [3.63, 3.8) is 0 Å². The normalized spacial score (nSPS) is 16.7. The van der Waals surface area contributed by atoms with Gasteiger partial charge in [0.25, 0.3) is 5.91 Å². The lowest BCUT2D eigenvalue weighted by molar-refractivity contribution is 0.0457. The third kappa shape index (κ3) is 6.68. The lowest BCUT2D eigenvalue weighted by atomic mass is 9.93. The van der Waals surface area contributed by atoms with Crippen LogP contribution in [0.3, 0.4) is 0 Å². The molecule has 1 saturated heterocycles. The smallest absolute Gasteiger partial charge is 0.254 e. The molecule has 3 aromatic rings. The molecule has 1 heterocycles. The van der Waals surface area contributed by atoms with Crippen molar-refractivity contribution in [3.05, 3.63) is 101 Å². The van der Waals surface area contributed by atoms with Gasteiger partial charge < -0.3 is 20.5 Å². The predicted molar refractivity (Wildman–Crippen MR) is 151 cm³/mol. The number of likely N-dealkylation sites (tertiary alicyclic amines) is 1. The highest BCUT2D eigenvalue weighted by Gasteiger charge is 2.29. The lowest BCUT2D eigenvalue weighted by Gasteiger charge is -2.27. The fourth-order valence-corrected chi connectivity index (χ4v) is 5.30. The molecule has 1 aliphatic heterocycles. The highest BCUT2D eigenvalue weighted by atomic mass is 16.5. The Morgan fingerprint density at radius 3 is 2.63 bits per heavy atom. The summed E-state index contributed by atoms with van der Waals surface area (Å²) in [6.07, 6.45) is 4.59. The number of carbonyl (C=O) groups excluding carboxylic acids is 1. The molecule has 2 atom stereocenters. The van der Waals surface area contributed by atoms with Gasteiger partial charge in [-0.15, -0.1) is 0 Å². The van der Waals surface area contributed by atoms with Crippen LogP contribution in [-0.2, 0) is 17.8 Å². The van der Waals surface area contributed by atoms with Crippen LogP contribution in [0.1, 0.15) is 54.1 Å². The largest absolute Gasteiger partial charge is 0.394 e. The fourth-order valence-electron chi connectivity index (χ4n) is 5.30. The summed E-state index contributed by atoms with van der Waals surface area (Å²) in [5.41, 5.74) is 10.2. The maximum absolute atomic E-state index is 13.7. The van der Waals surface area contributed by atoms with Crippen LogP contribution in [0.2, 0.25) is 0 Å². The van der Waals surface area contributed by atoms with E-state index < -0.39 is 5.54 Å². The SMILES string of the molecule is [C-]#[N+]c1ccccc1-c1cc(COCC(N)(CO)Cc2ccccc2)cc(C(=O)N2CCCC2CCC)c1. The molecule has 1 fully saturated rings. The molecule has 1 aliphatic rings. The number of aliphatic hydroxyl groups excluding tert-OH is 1. The average Bonchev–Trinajstić information content (AvgIpc) is 3.41. The highest BCUT2D eigenvalue weighted by molar-refractivity contribution is 5.96. The van der Waals surface area contributed by atoms with E-state index in [4.69, 9.17) is 17.0 Å². The molecule has 0 radical (unpaired) electrons. The number of aliphatic hydroxyl groups is 1. The van der Waals surface area contributed by atoms with Crippen molar-refractivity contribution >= 4 is 11.6 Å². The van der Waals surface area contributed by atoms with E-state index in [1.165, 1.54) is 0 Å². The molecule has 6 heteroatoms. The quantitative estimate of drug-likeness (QED) is 0.321. The van der Waals surface area contributed by atoms with Crippen LogP contribution in [-0.4, -0.2) is 47.3 Å². The minimum absolute atomic E-state index is 0.0250. The van der Waals surface area contributed by atoms with Crippen LogP contribution >= 0.6 is 0 Å². The van der Waals surface area contributed by atoms with Crippen LogP contribution in [0.25, 0.3) is 16.0 Å². The van der Waals surface area contributed by atoms with Gasteiger partial charge in [0.05, 0.1) is 31.9 Å². The van der Waals surface area contributed by atoms with Gasteiger partial charge in [-0.05, 0) is 60.1 Å². The van der Waals surface area contributed by atoms with Crippen molar-refractivity contribution in [1.82, 2.24) is 4.90 Å². The second kappa shape index (κ2) is 12.8. The topological polar surface area (TPSA) is 80.1 Å². The van der Waals surface area contributed by atoms with Gasteiger partial charge in [-0.1, -0.05) is 74.0 Å². The van der Waals surface area contributed by atoms with E-state index in [0.29, 0.717) is 17.7 Å². The van der Waals surface area contributed by atoms with Gasteiger partial charge in [0.2, 0.25) is 0 Å². The zero-order chi connectivity index (χ0) is 27.0. The number of rotatable bonds is 11. The Labute approximate surface area is 225 Å². The second-order valence-corrected chi connectivity index (χ2v) is 10.3. The van der Waals surface area contributed by atoms with Gasteiger partial charge >= 0.3 is 0 Å². The number of amides is 1. The monoisotopic (exact) mass is 511 g/mol. The highest BCUT2D eigenvalue weighted by Crippen LogP contribution is 2.33. The summed E-state index contributed by atoms with van der Waals surface area (Å²) >= 11 is 0. The van der Waals surface area contributed by atoms with Gasteiger partial charge in [0, 0.05) is 18.2 Å². The summed E-state index contributed by atoms with van der Waals surface area (Å²) in [4.78, 5) is 19.4. The average molecular weight is 512 g/mol. The standard InChI is InChI=1S/C32H37N3O3/c1-3-10-28-13-9-16-35(28)31(37)27-18-25(17-26(19-27)29-14-7-8-15-30(29)34-2)21-38-23-32(33,22-36)20-24-11-5-4-6-12-24/h4-8,11-12,14-15,17-19,28,36H,3,9-10,13,16,20-23,33H2,1H3. The minimum Gasteiger partial charge on any atom is -0.394 e. The summed E-state index contributed by atoms with van der Waals surface area (Å²) in [7, 11) is 0. The number of hydrogen-bond acceptors (Lipinski definition) is 4. The first-order chi connectivity index (χ1) is 18.5. The van der Waals surface area contributed by atoms with Crippen molar-refractivity contribution in [1.29, 1.82) is 0 Å². The van der Waals surface area contributed by atoms with Crippen molar-refractivity contribution in [3.8, 4) is 11.1 Å². The summed E-state index contributed by atoms with van der Waals surface area (Å²) in [6, 6.07) is 23.3. The third-order valence-electron chi connectivity index (χ3n) is 7.21. The van der Waals surface area contributed by atoms with Gasteiger partial charge in [-0.2, -0.15) is 0 Å². The van der Waals surface area contributed by atoms with Crippen LogP contribution in [0.15, 0.2) is 72.8 Å². The molecule has 0 spiro atoms. The zero-order valence-electron chi connectivity index (χ0n) is 22.1. The summed E-state index contributed by atoms with van der Waals surface area (Å²) in [6.45, 7) is 10.7. The van der Waals surface area contributed by atoms with Crippen LogP contribution in [0.4, 0.5) is 5.69 Å². The molecule has 1 amide bonds. The first kappa shape index (κ1) is 27.5. The number of nitrogens with two attached hydrogens (primary N) is 1. The molecule has 0 bridgehead atoms. The van der Waals surface area contributed by atoms with Crippen LogP contribution in [0, 0.1) is 6.57 Å². The maximum Gasteiger partial charge on any atom is 0.254 e. The number of carbonyl (C=O) groups is 1. The summed E-state index contributed by atoms with van der Waals surface area (Å²) in [5.74, 6) is 0.0250. The predicted octanol–water partition coefficient (Wildman–Crippen LogP) is 5.76. The van der Waals surface area contributed by atoms with Crippen molar-refractivity contribution in [2.75, 3.05) is 19.8 Å². The number of benzene rings is 3. The Morgan fingerprint density at radius 1 is 1.13 bits per heavy atom. The molecule has 3 aromatic carbocycles. The Morgan fingerprint density at radius 2 is 1.89 bits per heavy atom. The molecule has 0 saturated carbocycles. The Kier molecular flexibility index (Phi) is 9.30. The van der Waals surface area contributed by atoms with Gasteiger partial charge in [0.1, 0.15) is 0 Å². The van der Waals surface area contributed by atoms with E-state index in [1.807, 2.05) is 71.6 Å². The second-order valence-electron chi connectivity index (χ2n) is 10.3. The van der Waals surface area contributed by atoms with E-state index in [2.05, 4.69) is 11.8 Å². The van der Waals surface area contributed by atoms with Gasteiger partial charge in [-0.25, -0.2) is 4.85 Å². The molecule has 38 heavy (non-hydrogen) atoms. The molecule has 0 aliphatic carbocycles. The molecule has 2 unspecified atom stereocenters. The van der Waals surface area contributed by atoms with E-state index in [0.717, 1.165) is 54.5 Å². The molecular weight excluding hydrogens is 474 g/mol. The molecule has 198 valence electrons. The van der Waals surface area contributed by atoms with Gasteiger partial charge in [0.15, 0.2) is 5.69 Å². The third-order valence-corrected chi connectivity index (χ3v) is 7.21. The van der Waals surface area contributed by atoms with Crippen molar-refractivity contribution in [2.45, 2.75) is 57.2 Å². The number of ether oxygens (including phenoxy) is 1. The minimum atomic E-state index is -0.919. The van der Waals surface area contributed by atoms with E-state index in [1.54, 1.807) is 6.07 Å². The molecule has 3 N–H and O–H groups in total. The van der Waals surface area contributed by atoms with E-state index in [9.17, 15) is 9.90 Å². The van der Waals surface area contributed by atoms with E-state index >= 15 is 0 Å². The van der Waals surface area contributed by atoms with Crippen molar-refractivity contribution < 1.29 is 14.6 Å². The summed E-state index contributed by atoms with van der Waals surface area (Å²) < 4.78 is 6.04. The van der Waals surface area contributed by atoms with Crippen LogP contribution in [0.5, 0.6) is 0 Å². The molecule has 0 aromatic heterocycles. The maximum atomic E-state index is 13.7. The summed E-state index contributed by atoms with van der Waals surface area (Å²) in [5, 5.41) is 10.0.